The lowest BCUT2D eigenvalue weighted by molar-refractivity contribution is 0.665. The summed E-state index contributed by atoms with van der Waals surface area (Å²) < 4.78 is 2.54. The Hall–Kier alpha value is -6.36. The molecule has 0 fully saturated rings. The van der Waals surface area contributed by atoms with Crippen LogP contribution >= 0.6 is 11.3 Å². The van der Waals surface area contributed by atoms with Crippen LogP contribution in [0.4, 0.5) is 0 Å². The maximum absolute atomic E-state index is 5.32. The Balaban J connectivity index is 1.11. The van der Waals surface area contributed by atoms with Crippen LogP contribution in [0.1, 0.15) is 22.9 Å². The third-order valence-corrected chi connectivity index (χ3v) is 11.1. The lowest BCUT2D eigenvalue weighted by Crippen LogP contribution is -2.24. The average molecular weight is 670 g/mol. The first-order valence-electron chi connectivity index (χ1n) is 17.3. The summed E-state index contributed by atoms with van der Waals surface area (Å²) in [6.07, 6.45) is 1.94. The van der Waals surface area contributed by atoms with Crippen molar-refractivity contribution in [3.05, 3.63) is 193 Å². The zero-order valence-electron chi connectivity index (χ0n) is 27.6. The number of rotatable bonds is 5. The zero-order chi connectivity index (χ0) is 33.7. The Kier molecular flexibility index (Phi) is 7.07. The average Bonchev–Trinajstić information content (AvgIpc) is 3.59. The number of fused-ring (bicyclic) bond motifs is 7. The molecule has 1 atom stereocenters. The largest absolute Gasteiger partial charge is 0.360 e. The van der Waals surface area contributed by atoms with Crippen LogP contribution in [0.2, 0.25) is 0 Å². The summed E-state index contributed by atoms with van der Waals surface area (Å²) in [6.45, 7) is 0. The van der Waals surface area contributed by atoms with Gasteiger partial charge in [-0.05, 0) is 46.0 Å². The first-order valence-corrected chi connectivity index (χ1v) is 18.1. The van der Waals surface area contributed by atoms with Gasteiger partial charge in [0.05, 0.1) is 16.9 Å². The number of nitrogens with zero attached hydrogens (tertiary/aromatic N) is 2. The molecule has 0 aliphatic carbocycles. The van der Waals surface area contributed by atoms with Gasteiger partial charge in [0.1, 0.15) is 6.17 Å². The number of nitrogens with one attached hydrogen (secondary N) is 1. The van der Waals surface area contributed by atoms with Gasteiger partial charge in [-0.1, -0.05) is 158 Å². The number of hydrogen-bond acceptors (Lipinski definition) is 4. The lowest BCUT2D eigenvalue weighted by Gasteiger charge is -2.25. The van der Waals surface area contributed by atoms with Crippen LogP contribution in [0.15, 0.2) is 181 Å². The second-order valence-corrected chi connectivity index (χ2v) is 14.0. The van der Waals surface area contributed by atoms with Crippen LogP contribution in [-0.4, -0.2) is 10.7 Å². The van der Waals surface area contributed by atoms with Gasteiger partial charge in [-0.25, -0.2) is 4.98 Å². The van der Waals surface area contributed by atoms with E-state index in [1.54, 1.807) is 0 Å². The molecule has 1 aliphatic rings. The zero-order valence-corrected chi connectivity index (χ0v) is 28.4. The van der Waals surface area contributed by atoms with E-state index < -0.39 is 0 Å². The van der Waals surface area contributed by atoms with E-state index in [0.717, 1.165) is 44.9 Å². The van der Waals surface area contributed by atoms with Crippen molar-refractivity contribution in [1.82, 2.24) is 10.3 Å². The fourth-order valence-corrected chi connectivity index (χ4v) is 8.68. The first kappa shape index (κ1) is 29.5. The Morgan fingerprint density at radius 1 is 0.490 bits per heavy atom. The molecule has 0 radical (unpaired) electrons. The van der Waals surface area contributed by atoms with E-state index in [1.807, 2.05) is 11.3 Å². The topological polar surface area (TPSA) is 37.3 Å². The number of para-hydroxylation sites is 1. The summed E-state index contributed by atoms with van der Waals surface area (Å²) in [7, 11) is 0. The number of aromatic nitrogens is 1. The van der Waals surface area contributed by atoms with Gasteiger partial charge in [-0.3, -0.25) is 4.99 Å². The maximum Gasteiger partial charge on any atom is 0.145 e. The molecule has 0 amide bonds. The molecule has 7 aromatic carbocycles. The molecule has 9 aromatic rings. The van der Waals surface area contributed by atoms with Crippen LogP contribution in [-0.2, 0) is 0 Å². The number of allylic oxidation sites excluding steroid dienone is 1. The van der Waals surface area contributed by atoms with E-state index in [-0.39, 0.29) is 6.17 Å². The van der Waals surface area contributed by atoms with Gasteiger partial charge in [0.25, 0.3) is 0 Å². The van der Waals surface area contributed by atoms with Crippen molar-refractivity contribution < 1.29 is 0 Å². The van der Waals surface area contributed by atoms with Crippen LogP contribution in [0, 0.1) is 0 Å². The van der Waals surface area contributed by atoms with Crippen molar-refractivity contribution >= 4 is 64.6 Å². The van der Waals surface area contributed by atoms with Crippen molar-refractivity contribution in [1.29, 1.82) is 0 Å². The third-order valence-electron chi connectivity index (χ3n) is 9.90. The van der Waals surface area contributed by atoms with Gasteiger partial charge in [0.15, 0.2) is 0 Å². The summed E-state index contributed by atoms with van der Waals surface area (Å²) in [5.41, 5.74) is 11.0. The highest BCUT2D eigenvalue weighted by Gasteiger charge is 2.22. The van der Waals surface area contributed by atoms with E-state index in [2.05, 4.69) is 181 Å². The van der Waals surface area contributed by atoms with Gasteiger partial charge in [-0.15, -0.1) is 11.3 Å². The normalized spacial score (nSPS) is 14.5. The molecule has 240 valence electrons. The minimum atomic E-state index is -0.241. The summed E-state index contributed by atoms with van der Waals surface area (Å²) in [6, 6.07) is 60.3. The fourth-order valence-electron chi connectivity index (χ4n) is 7.37. The van der Waals surface area contributed by atoms with E-state index in [4.69, 9.17) is 9.98 Å². The van der Waals surface area contributed by atoms with E-state index in [0.29, 0.717) is 0 Å². The van der Waals surface area contributed by atoms with Crippen LogP contribution in [0.25, 0.3) is 69.9 Å². The van der Waals surface area contributed by atoms with Crippen LogP contribution < -0.4 is 5.32 Å². The predicted octanol–water partition coefficient (Wildman–Crippen LogP) is 12.2. The van der Waals surface area contributed by atoms with Crippen molar-refractivity contribution in [2.45, 2.75) is 6.17 Å². The molecule has 3 heterocycles. The molecule has 0 bridgehead atoms. The second-order valence-electron chi connectivity index (χ2n) is 13.0. The van der Waals surface area contributed by atoms with Crippen molar-refractivity contribution in [2.75, 3.05) is 0 Å². The summed E-state index contributed by atoms with van der Waals surface area (Å²) in [5.74, 6) is 0. The van der Waals surface area contributed by atoms with E-state index in [9.17, 15) is 0 Å². The van der Waals surface area contributed by atoms with Crippen molar-refractivity contribution in [2.24, 2.45) is 4.99 Å². The first-order chi connectivity index (χ1) is 25.3. The molecule has 1 N–H and O–H groups in total. The van der Waals surface area contributed by atoms with E-state index >= 15 is 0 Å². The van der Waals surface area contributed by atoms with Gasteiger partial charge >= 0.3 is 0 Å². The number of benzene rings is 7. The SMILES string of the molecule is C1=C(c2ccccc2)NC(c2ccc3c(c2)sc2c3ccc3c(-c4ccccc4)nc4ccccc4c32)N=C1c1ccc(-c2ccccc2)cc1. The molecule has 3 nitrogen and oxygen atoms in total. The van der Waals surface area contributed by atoms with Crippen molar-refractivity contribution in [3.8, 4) is 22.4 Å². The fraction of sp³-hybridized carbons (Fsp3) is 0.0213. The lowest BCUT2D eigenvalue weighted by atomic mass is 9.97. The van der Waals surface area contributed by atoms with Gasteiger partial charge in [0, 0.05) is 47.6 Å². The second kappa shape index (κ2) is 12.2. The molecule has 1 aliphatic heterocycles. The molecular weight excluding hydrogens is 639 g/mol. The molecule has 51 heavy (non-hydrogen) atoms. The Labute approximate surface area is 299 Å². The maximum atomic E-state index is 5.32. The smallest absolute Gasteiger partial charge is 0.145 e. The molecule has 2 aromatic heterocycles. The van der Waals surface area contributed by atoms with Crippen LogP contribution in [0.3, 0.4) is 0 Å². The highest BCUT2D eigenvalue weighted by atomic mass is 32.1. The van der Waals surface area contributed by atoms with E-state index in [1.165, 1.54) is 47.5 Å². The van der Waals surface area contributed by atoms with Gasteiger partial charge in [-0.2, -0.15) is 0 Å². The Bertz CT molecular complexity index is 2800. The minimum absolute atomic E-state index is 0.241. The number of pyridine rings is 1. The summed E-state index contributed by atoms with van der Waals surface area (Å²) in [5, 5.41) is 9.94. The number of aliphatic imine (C=N–C) groups is 1. The molecule has 10 rings (SSSR count). The van der Waals surface area contributed by atoms with Crippen LogP contribution in [0.5, 0.6) is 0 Å². The minimum Gasteiger partial charge on any atom is -0.360 e. The summed E-state index contributed by atoms with van der Waals surface area (Å²) >= 11 is 1.86. The number of hydrogen-bond donors (Lipinski definition) is 1. The molecule has 1 unspecified atom stereocenters. The molecule has 0 spiro atoms. The molecular formula is C47H31N3S. The Morgan fingerprint density at radius 2 is 1.10 bits per heavy atom. The quantitative estimate of drug-likeness (QED) is 0.185. The summed E-state index contributed by atoms with van der Waals surface area (Å²) in [4.78, 5) is 10.5. The monoisotopic (exact) mass is 669 g/mol. The van der Waals surface area contributed by atoms with Gasteiger partial charge in [0.2, 0.25) is 0 Å². The highest BCUT2D eigenvalue weighted by molar-refractivity contribution is 7.26. The van der Waals surface area contributed by atoms with Gasteiger partial charge < -0.3 is 5.32 Å². The van der Waals surface area contributed by atoms with Crippen molar-refractivity contribution in [3.63, 3.8) is 0 Å². The Morgan fingerprint density at radius 3 is 1.86 bits per heavy atom. The number of thiophene rings is 1. The highest BCUT2D eigenvalue weighted by Crippen LogP contribution is 2.44. The third kappa shape index (κ3) is 5.20. The predicted molar refractivity (Wildman–Crippen MR) is 216 cm³/mol. The molecule has 0 saturated carbocycles. The molecule has 4 heteroatoms. The standard InChI is InChI=1S/C47H31N3S/c1-4-12-30(13-5-1)31-20-22-33(23-21-31)42-29-41(32-14-6-2-7-15-32)49-47(50-42)35-24-25-36-37-26-27-39-44(46(37)51-43(36)28-35)38-18-10-11-19-40(38)48-45(39)34-16-8-3-9-17-34/h1-29,47,49H. The molecule has 0 saturated heterocycles.